The lowest BCUT2D eigenvalue weighted by Crippen LogP contribution is -2.23. The van der Waals surface area contributed by atoms with Crippen molar-refractivity contribution in [2.75, 3.05) is 14.1 Å². The Labute approximate surface area is 117 Å². The van der Waals surface area contributed by atoms with Crippen molar-refractivity contribution in [2.45, 2.75) is 20.3 Å². The highest BCUT2D eigenvalue weighted by Gasteiger charge is 2.11. The maximum absolute atomic E-state index is 11.7. The molecular weight excluding hydrogens is 256 g/mol. The van der Waals surface area contributed by atoms with Crippen molar-refractivity contribution in [3.8, 4) is 11.3 Å². The summed E-state index contributed by atoms with van der Waals surface area (Å²) >= 11 is 1.55. The van der Waals surface area contributed by atoms with Crippen molar-refractivity contribution < 1.29 is 4.79 Å². The molecule has 1 heterocycles. The van der Waals surface area contributed by atoms with E-state index in [2.05, 4.69) is 37.0 Å². The second-order valence-corrected chi connectivity index (χ2v) is 5.85. The Balaban J connectivity index is 2.26. The van der Waals surface area contributed by atoms with E-state index < -0.39 is 0 Å². The molecule has 100 valence electrons. The molecule has 1 aromatic heterocycles. The van der Waals surface area contributed by atoms with E-state index in [1.54, 1.807) is 30.3 Å². The SMILES string of the molecule is Cc1ccc(C)c(-c2csc(CC(=O)N(C)C)n2)c1. The smallest absolute Gasteiger partial charge is 0.228 e. The number of aryl methyl sites for hydroxylation is 2. The summed E-state index contributed by atoms with van der Waals surface area (Å²) in [6, 6.07) is 6.35. The Bertz CT molecular complexity index is 602. The summed E-state index contributed by atoms with van der Waals surface area (Å²) in [4.78, 5) is 17.8. The van der Waals surface area contributed by atoms with Crippen LogP contribution in [0.2, 0.25) is 0 Å². The number of nitrogens with zero attached hydrogens (tertiary/aromatic N) is 2. The fourth-order valence-corrected chi connectivity index (χ4v) is 2.60. The quantitative estimate of drug-likeness (QED) is 0.862. The van der Waals surface area contributed by atoms with E-state index in [9.17, 15) is 4.79 Å². The second kappa shape index (κ2) is 5.53. The Hall–Kier alpha value is -1.68. The maximum Gasteiger partial charge on any atom is 0.228 e. The average molecular weight is 274 g/mol. The molecule has 0 atom stereocenters. The average Bonchev–Trinajstić information content (AvgIpc) is 2.80. The number of thiazole rings is 1. The number of hydrogen-bond acceptors (Lipinski definition) is 3. The molecule has 0 radical (unpaired) electrons. The lowest BCUT2D eigenvalue weighted by molar-refractivity contribution is -0.127. The van der Waals surface area contributed by atoms with Crippen molar-refractivity contribution in [3.05, 3.63) is 39.7 Å². The molecule has 3 nitrogen and oxygen atoms in total. The third-order valence-electron chi connectivity index (χ3n) is 3.02. The van der Waals surface area contributed by atoms with Crippen molar-refractivity contribution in [3.63, 3.8) is 0 Å². The molecule has 2 rings (SSSR count). The van der Waals surface area contributed by atoms with Crippen LogP contribution in [-0.4, -0.2) is 29.9 Å². The van der Waals surface area contributed by atoms with Gasteiger partial charge in [0.2, 0.25) is 5.91 Å². The molecule has 19 heavy (non-hydrogen) atoms. The first-order valence-electron chi connectivity index (χ1n) is 6.19. The standard InChI is InChI=1S/C15H18N2OS/c1-10-5-6-11(2)12(7-10)13-9-19-14(16-13)8-15(18)17(3)4/h5-7,9H,8H2,1-4H3. The number of carbonyl (C=O) groups excluding carboxylic acids is 1. The van der Waals surface area contributed by atoms with Crippen molar-refractivity contribution in [2.24, 2.45) is 0 Å². The first-order valence-corrected chi connectivity index (χ1v) is 7.07. The first-order chi connectivity index (χ1) is 8.97. The number of aromatic nitrogens is 1. The number of carbonyl (C=O) groups is 1. The Morgan fingerprint density at radius 1 is 1.32 bits per heavy atom. The fourth-order valence-electron chi connectivity index (χ4n) is 1.82. The van der Waals surface area contributed by atoms with Crippen LogP contribution in [0, 0.1) is 13.8 Å². The van der Waals surface area contributed by atoms with Crippen LogP contribution in [0.15, 0.2) is 23.6 Å². The van der Waals surface area contributed by atoms with Crippen LogP contribution in [0.1, 0.15) is 16.1 Å². The highest BCUT2D eigenvalue weighted by Crippen LogP contribution is 2.26. The minimum atomic E-state index is 0.0851. The van der Waals surface area contributed by atoms with Crippen LogP contribution in [-0.2, 0) is 11.2 Å². The summed E-state index contributed by atoms with van der Waals surface area (Å²) in [5, 5.41) is 2.90. The van der Waals surface area contributed by atoms with E-state index in [1.165, 1.54) is 11.1 Å². The number of likely N-dealkylation sites (N-methyl/N-ethyl adjacent to an activating group) is 1. The molecular formula is C15H18N2OS. The highest BCUT2D eigenvalue weighted by molar-refractivity contribution is 7.10. The highest BCUT2D eigenvalue weighted by atomic mass is 32.1. The van der Waals surface area contributed by atoms with E-state index >= 15 is 0 Å². The van der Waals surface area contributed by atoms with Gasteiger partial charge in [0.25, 0.3) is 0 Å². The van der Waals surface area contributed by atoms with Crippen LogP contribution in [0.3, 0.4) is 0 Å². The van der Waals surface area contributed by atoms with Gasteiger partial charge >= 0.3 is 0 Å². The molecule has 0 spiro atoms. The molecule has 0 bridgehead atoms. The van der Waals surface area contributed by atoms with Gasteiger partial charge in [-0.3, -0.25) is 4.79 Å². The number of hydrogen-bond donors (Lipinski definition) is 0. The monoisotopic (exact) mass is 274 g/mol. The predicted octanol–water partition coefficient (Wildman–Crippen LogP) is 3.06. The van der Waals surface area contributed by atoms with Crippen molar-refractivity contribution in [1.82, 2.24) is 9.88 Å². The topological polar surface area (TPSA) is 33.2 Å². The number of amides is 1. The number of benzene rings is 1. The molecule has 4 heteroatoms. The van der Waals surface area contributed by atoms with Crippen LogP contribution in [0.25, 0.3) is 11.3 Å². The predicted molar refractivity (Wildman–Crippen MR) is 79.4 cm³/mol. The Morgan fingerprint density at radius 2 is 2.05 bits per heavy atom. The Morgan fingerprint density at radius 3 is 2.74 bits per heavy atom. The minimum absolute atomic E-state index is 0.0851. The van der Waals surface area contributed by atoms with Gasteiger partial charge in [-0.25, -0.2) is 4.98 Å². The lowest BCUT2D eigenvalue weighted by Gasteiger charge is -2.08. The van der Waals surface area contributed by atoms with Crippen LogP contribution >= 0.6 is 11.3 Å². The molecule has 0 aliphatic rings. The molecule has 0 fully saturated rings. The summed E-state index contributed by atoms with van der Waals surface area (Å²) in [6.07, 6.45) is 0.378. The van der Waals surface area contributed by atoms with Crippen molar-refractivity contribution in [1.29, 1.82) is 0 Å². The molecule has 0 unspecified atom stereocenters. The lowest BCUT2D eigenvalue weighted by atomic mass is 10.0. The van der Waals surface area contributed by atoms with Gasteiger partial charge in [0.05, 0.1) is 12.1 Å². The van der Waals surface area contributed by atoms with Gasteiger partial charge in [-0.05, 0) is 25.5 Å². The molecule has 1 amide bonds. The number of rotatable bonds is 3. The molecule has 0 aliphatic heterocycles. The summed E-state index contributed by atoms with van der Waals surface area (Å²) in [6.45, 7) is 4.16. The van der Waals surface area contributed by atoms with E-state index in [0.29, 0.717) is 6.42 Å². The normalized spacial score (nSPS) is 10.5. The second-order valence-electron chi connectivity index (χ2n) is 4.91. The van der Waals surface area contributed by atoms with E-state index in [1.807, 2.05) is 5.38 Å². The van der Waals surface area contributed by atoms with E-state index in [-0.39, 0.29) is 5.91 Å². The summed E-state index contributed by atoms with van der Waals surface area (Å²) in [5.74, 6) is 0.0851. The van der Waals surface area contributed by atoms with Gasteiger partial charge in [-0.1, -0.05) is 17.7 Å². The summed E-state index contributed by atoms with van der Waals surface area (Å²) < 4.78 is 0. The van der Waals surface area contributed by atoms with Gasteiger partial charge in [0.15, 0.2) is 0 Å². The molecule has 0 saturated carbocycles. The van der Waals surface area contributed by atoms with Gasteiger partial charge in [-0.2, -0.15) is 0 Å². The summed E-state index contributed by atoms with van der Waals surface area (Å²) in [7, 11) is 3.53. The summed E-state index contributed by atoms with van der Waals surface area (Å²) in [5.41, 5.74) is 4.55. The van der Waals surface area contributed by atoms with Gasteiger partial charge in [-0.15, -0.1) is 11.3 Å². The van der Waals surface area contributed by atoms with E-state index in [4.69, 9.17) is 0 Å². The van der Waals surface area contributed by atoms with Gasteiger partial charge in [0.1, 0.15) is 5.01 Å². The fraction of sp³-hybridized carbons (Fsp3) is 0.333. The third-order valence-corrected chi connectivity index (χ3v) is 3.87. The zero-order chi connectivity index (χ0) is 14.0. The maximum atomic E-state index is 11.7. The van der Waals surface area contributed by atoms with Crippen LogP contribution in [0.4, 0.5) is 0 Å². The van der Waals surface area contributed by atoms with Crippen molar-refractivity contribution >= 4 is 17.2 Å². The van der Waals surface area contributed by atoms with Crippen LogP contribution in [0.5, 0.6) is 0 Å². The van der Waals surface area contributed by atoms with E-state index in [0.717, 1.165) is 16.3 Å². The van der Waals surface area contributed by atoms with Gasteiger partial charge < -0.3 is 4.90 Å². The molecule has 0 aliphatic carbocycles. The zero-order valence-electron chi connectivity index (χ0n) is 11.7. The molecule has 0 saturated heterocycles. The zero-order valence-corrected chi connectivity index (χ0v) is 12.5. The molecule has 2 aromatic rings. The third kappa shape index (κ3) is 3.20. The minimum Gasteiger partial charge on any atom is -0.348 e. The molecule has 0 N–H and O–H groups in total. The van der Waals surface area contributed by atoms with Crippen LogP contribution < -0.4 is 0 Å². The Kier molecular flexibility index (Phi) is 4.00. The molecule has 1 aromatic carbocycles. The first kappa shape index (κ1) is 13.7. The largest absolute Gasteiger partial charge is 0.348 e. The van der Waals surface area contributed by atoms with Gasteiger partial charge in [0, 0.05) is 25.0 Å².